The Kier molecular flexibility index (Phi) is 4.39. The molecule has 68 valence electrons. The number of hydrogen-bond donors (Lipinski definition) is 4. The number of nitrogens with two attached hydrogens (primary N) is 1. The minimum Gasteiger partial charge on any atom is -0.480 e. The number of amides is 3. The molecule has 0 aromatic heterocycles. The molecule has 7 nitrogen and oxygen atoms in total. The maximum atomic E-state index is 10.6. The molecule has 0 aromatic carbocycles. The molecule has 0 aliphatic carbocycles. The first-order valence-corrected chi connectivity index (χ1v) is 3.04. The Hall–Kier alpha value is -1.63. The molecule has 0 saturated heterocycles. The van der Waals surface area contributed by atoms with Crippen molar-refractivity contribution in [3.8, 4) is 0 Å². The summed E-state index contributed by atoms with van der Waals surface area (Å²) in [5, 5.41) is 12.2. The molecule has 3 amide bonds. The van der Waals surface area contributed by atoms with E-state index in [9.17, 15) is 14.4 Å². The number of hydrogen-bond acceptors (Lipinski definition) is 4. The molecular formula is C5H9N3O4. The van der Waals surface area contributed by atoms with Crippen LogP contribution < -0.4 is 16.4 Å². The lowest BCUT2D eigenvalue weighted by Gasteiger charge is -2.00. The van der Waals surface area contributed by atoms with Crippen molar-refractivity contribution in [2.75, 3.05) is 13.1 Å². The molecule has 0 radical (unpaired) electrons. The lowest BCUT2D eigenvalue weighted by Crippen LogP contribution is -2.41. The Bertz CT molecular complexity index is 203. The smallest absolute Gasteiger partial charge is 0.318 e. The van der Waals surface area contributed by atoms with Crippen LogP contribution in [0.3, 0.4) is 0 Å². The maximum Gasteiger partial charge on any atom is 0.318 e. The van der Waals surface area contributed by atoms with Gasteiger partial charge in [-0.25, -0.2) is 4.79 Å². The van der Waals surface area contributed by atoms with Gasteiger partial charge in [0, 0.05) is 0 Å². The number of carbonyl (C=O) groups is 3. The van der Waals surface area contributed by atoms with Crippen molar-refractivity contribution in [3.63, 3.8) is 0 Å². The molecule has 0 aliphatic rings. The summed E-state index contributed by atoms with van der Waals surface area (Å²) >= 11 is 0. The molecule has 0 atom stereocenters. The Labute approximate surface area is 67.9 Å². The second-order valence-electron chi connectivity index (χ2n) is 1.91. The van der Waals surface area contributed by atoms with E-state index >= 15 is 0 Å². The van der Waals surface area contributed by atoms with Crippen LogP contribution in [0.5, 0.6) is 0 Å². The summed E-state index contributed by atoms with van der Waals surface area (Å²) in [6, 6.07) is -0.961. The van der Waals surface area contributed by atoms with Gasteiger partial charge in [-0.15, -0.1) is 0 Å². The van der Waals surface area contributed by atoms with E-state index in [0.29, 0.717) is 0 Å². The monoisotopic (exact) mass is 175 g/mol. The minimum absolute atomic E-state index is 0.255. The fourth-order valence-corrected chi connectivity index (χ4v) is 0.465. The van der Waals surface area contributed by atoms with Crippen molar-refractivity contribution in [3.05, 3.63) is 0 Å². The summed E-state index contributed by atoms with van der Waals surface area (Å²) in [6.07, 6.45) is 0. The third-order valence-corrected chi connectivity index (χ3v) is 0.824. The Balaban J connectivity index is 3.44. The largest absolute Gasteiger partial charge is 0.480 e. The van der Waals surface area contributed by atoms with Gasteiger partial charge in [0.2, 0.25) is 5.91 Å². The van der Waals surface area contributed by atoms with Crippen LogP contribution in [0.15, 0.2) is 0 Å². The number of imide groups is 1. The molecule has 0 heterocycles. The molecule has 0 spiro atoms. The van der Waals surface area contributed by atoms with E-state index in [-0.39, 0.29) is 13.1 Å². The number of aliphatic carboxylic acids is 1. The first kappa shape index (κ1) is 10.4. The zero-order chi connectivity index (χ0) is 9.56. The molecule has 5 N–H and O–H groups in total. The molecule has 0 fully saturated rings. The Morgan fingerprint density at radius 2 is 1.83 bits per heavy atom. The minimum atomic E-state index is -1.08. The van der Waals surface area contributed by atoms with E-state index in [1.165, 1.54) is 0 Å². The number of rotatable bonds is 4. The zero-order valence-corrected chi connectivity index (χ0v) is 6.16. The molecule has 0 rings (SSSR count). The van der Waals surface area contributed by atoms with Crippen molar-refractivity contribution >= 4 is 17.9 Å². The molecule has 0 aliphatic heterocycles. The molecule has 0 bridgehead atoms. The number of carbonyl (C=O) groups excluding carboxylic acids is 2. The molecule has 0 saturated carbocycles. The van der Waals surface area contributed by atoms with E-state index in [1.807, 2.05) is 0 Å². The average molecular weight is 175 g/mol. The third-order valence-electron chi connectivity index (χ3n) is 0.824. The molecule has 12 heavy (non-hydrogen) atoms. The van der Waals surface area contributed by atoms with Gasteiger partial charge in [-0.3, -0.25) is 20.2 Å². The van der Waals surface area contributed by atoms with Crippen LogP contribution in [0.1, 0.15) is 0 Å². The highest BCUT2D eigenvalue weighted by atomic mass is 16.4. The van der Waals surface area contributed by atoms with Gasteiger partial charge in [0.1, 0.15) is 0 Å². The van der Waals surface area contributed by atoms with Gasteiger partial charge >= 0.3 is 12.0 Å². The molecule has 7 heteroatoms. The first-order valence-electron chi connectivity index (χ1n) is 3.04. The number of nitrogens with one attached hydrogen (secondary N) is 2. The van der Waals surface area contributed by atoms with E-state index < -0.39 is 17.9 Å². The van der Waals surface area contributed by atoms with Gasteiger partial charge in [0.15, 0.2) is 0 Å². The topological polar surface area (TPSA) is 122 Å². The number of carboxylic acid groups (broad SMARTS) is 1. The third kappa shape index (κ3) is 6.49. The van der Waals surface area contributed by atoms with Gasteiger partial charge in [0.25, 0.3) is 0 Å². The first-order chi connectivity index (χ1) is 5.52. The highest BCUT2D eigenvalue weighted by Gasteiger charge is 2.03. The Morgan fingerprint density at radius 3 is 2.25 bits per heavy atom. The van der Waals surface area contributed by atoms with Crippen LogP contribution in [-0.4, -0.2) is 36.1 Å². The van der Waals surface area contributed by atoms with Gasteiger partial charge in [-0.05, 0) is 0 Å². The normalized spacial score (nSPS) is 9.00. The summed E-state index contributed by atoms with van der Waals surface area (Å²) in [5.74, 6) is -1.74. The SMILES string of the molecule is NC(=O)NC(=O)CNCC(=O)O. The maximum absolute atomic E-state index is 10.6. The summed E-state index contributed by atoms with van der Waals surface area (Å²) < 4.78 is 0. The van der Waals surface area contributed by atoms with Crippen LogP contribution in [0.2, 0.25) is 0 Å². The molecule has 0 aromatic rings. The second kappa shape index (κ2) is 5.08. The van der Waals surface area contributed by atoms with E-state index in [2.05, 4.69) is 11.1 Å². The standard InChI is InChI=1S/C5H9N3O4/c6-5(12)8-3(9)1-7-2-4(10)11/h7H,1-2H2,(H,10,11)(H3,6,8,9,12). The fraction of sp³-hybridized carbons (Fsp3) is 0.400. The van der Waals surface area contributed by atoms with Crippen LogP contribution >= 0.6 is 0 Å². The van der Waals surface area contributed by atoms with Crippen molar-refractivity contribution in [2.24, 2.45) is 5.73 Å². The van der Waals surface area contributed by atoms with E-state index in [4.69, 9.17) is 5.11 Å². The van der Waals surface area contributed by atoms with Crippen LogP contribution in [0, 0.1) is 0 Å². The predicted molar refractivity (Wildman–Crippen MR) is 38.2 cm³/mol. The average Bonchev–Trinajstić information content (AvgIpc) is 1.84. The van der Waals surface area contributed by atoms with Crippen LogP contribution in [0.4, 0.5) is 4.79 Å². The number of urea groups is 1. The molecular weight excluding hydrogens is 166 g/mol. The number of carboxylic acids is 1. The van der Waals surface area contributed by atoms with E-state index in [1.54, 1.807) is 5.32 Å². The Morgan fingerprint density at radius 1 is 1.25 bits per heavy atom. The van der Waals surface area contributed by atoms with Gasteiger partial charge < -0.3 is 10.8 Å². The van der Waals surface area contributed by atoms with Gasteiger partial charge in [0.05, 0.1) is 13.1 Å². The fourth-order valence-electron chi connectivity index (χ4n) is 0.465. The van der Waals surface area contributed by atoms with Gasteiger partial charge in [-0.1, -0.05) is 0 Å². The highest BCUT2D eigenvalue weighted by molar-refractivity contribution is 5.94. The quantitative estimate of drug-likeness (QED) is 0.388. The zero-order valence-electron chi connectivity index (χ0n) is 6.16. The van der Waals surface area contributed by atoms with Crippen molar-refractivity contribution in [1.29, 1.82) is 0 Å². The lowest BCUT2D eigenvalue weighted by atomic mass is 10.5. The predicted octanol–water partition coefficient (Wildman–Crippen LogP) is -2.14. The van der Waals surface area contributed by atoms with E-state index in [0.717, 1.165) is 0 Å². The van der Waals surface area contributed by atoms with Crippen molar-refractivity contribution in [1.82, 2.24) is 10.6 Å². The summed E-state index contributed by atoms with van der Waals surface area (Å²) in [5.41, 5.74) is 4.61. The number of primary amides is 1. The lowest BCUT2D eigenvalue weighted by molar-refractivity contribution is -0.135. The summed E-state index contributed by atoms with van der Waals surface area (Å²) in [4.78, 5) is 30.5. The van der Waals surface area contributed by atoms with Gasteiger partial charge in [-0.2, -0.15) is 0 Å². The van der Waals surface area contributed by atoms with Crippen molar-refractivity contribution < 1.29 is 19.5 Å². The molecule has 0 unspecified atom stereocenters. The van der Waals surface area contributed by atoms with Crippen LogP contribution in [0.25, 0.3) is 0 Å². The summed E-state index contributed by atoms with van der Waals surface area (Å²) in [7, 11) is 0. The highest BCUT2D eigenvalue weighted by Crippen LogP contribution is 1.64. The van der Waals surface area contributed by atoms with Crippen LogP contribution in [-0.2, 0) is 9.59 Å². The van der Waals surface area contributed by atoms with Crippen molar-refractivity contribution in [2.45, 2.75) is 0 Å². The second-order valence-corrected chi connectivity index (χ2v) is 1.91. The summed E-state index contributed by atoms with van der Waals surface area (Å²) in [6.45, 7) is -0.596.